The van der Waals surface area contributed by atoms with Crippen molar-refractivity contribution < 1.29 is 5.11 Å². The molecule has 1 heteroatoms. The molecule has 0 aliphatic heterocycles. The van der Waals surface area contributed by atoms with Crippen LogP contribution in [0.5, 0.6) is 5.75 Å². The van der Waals surface area contributed by atoms with Gasteiger partial charge in [-0.05, 0) is 41.9 Å². The van der Waals surface area contributed by atoms with Crippen LogP contribution >= 0.6 is 0 Å². The molecule has 1 atom stereocenters. The minimum absolute atomic E-state index is 0.389. The summed E-state index contributed by atoms with van der Waals surface area (Å²) in [5, 5.41) is 9.37. The van der Waals surface area contributed by atoms with Crippen molar-refractivity contribution in [3.63, 3.8) is 0 Å². The maximum atomic E-state index is 9.37. The fraction of sp³-hybridized carbons (Fsp3) is 0.647. The van der Waals surface area contributed by atoms with E-state index in [0.29, 0.717) is 5.75 Å². The van der Waals surface area contributed by atoms with E-state index >= 15 is 0 Å². The van der Waals surface area contributed by atoms with Crippen LogP contribution in [0.25, 0.3) is 0 Å². The van der Waals surface area contributed by atoms with Gasteiger partial charge >= 0.3 is 0 Å². The molecule has 0 amide bonds. The van der Waals surface area contributed by atoms with E-state index < -0.39 is 0 Å². The molecule has 0 radical (unpaired) electrons. The van der Waals surface area contributed by atoms with Gasteiger partial charge in [0.1, 0.15) is 5.75 Å². The second kappa shape index (κ2) is 5.34. The third-order valence-corrected chi connectivity index (χ3v) is 5.17. The molecule has 2 aliphatic carbocycles. The first kappa shape index (κ1) is 12.1. The Balaban J connectivity index is 1.70. The Hall–Kier alpha value is -0.980. The highest BCUT2D eigenvalue weighted by molar-refractivity contribution is 5.26. The van der Waals surface area contributed by atoms with Crippen LogP contribution in [0.2, 0.25) is 0 Å². The Morgan fingerprint density at radius 3 is 1.94 bits per heavy atom. The lowest BCUT2D eigenvalue weighted by Gasteiger charge is -2.37. The van der Waals surface area contributed by atoms with E-state index in [-0.39, 0.29) is 0 Å². The molecular weight excluding hydrogens is 220 g/mol. The fourth-order valence-corrected chi connectivity index (χ4v) is 3.88. The van der Waals surface area contributed by atoms with E-state index in [9.17, 15) is 5.11 Å². The Bertz CT molecular complexity index is 371. The van der Waals surface area contributed by atoms with Gasteiger partial charge < -0.3 is 5.11 Å². The van der Waals surface area contributed by atoms with Crippen LogP contribution in [0.4, 0.5) is 0 Å². The molecule has 1 nitrogen and oxygen atoms in total. The van der Waals surface area contributed by atoms with Crippen molar-refractivity contribution in [3.8, 4) is 5.75 Å². The highest BCUT2D eigenvalue weighted by Crippen LogP contribution is 2.44. The topological polar surface area (TPSA) is 20.2 Å². The Kier molecular flexibility index (Phi) is 3.58. The SMILES string of the molecule is Oc1ccc(CC(C2CCCC2)C2CCC2)cc1. The average molecular weight is 244 g/mol. The van der Waals surface area contributed by atoms with Crippen molar-refractivity contribution in [2.45, 2.75) is 51.4 Å². The predicted molar refractivity (Wildman–Crippen MR) is 74.6 cm³/mol. The van der Waals surface area contributed by atoms with E-state index in [1.165, 1.54) is 56.9 Å². The van der Waals surface area contributed by atoms with Gasteiger partial charge in [0, 0.05) is 0 Å². The summed E-state index contributed by atoms with van der Waals surface area (Å²) < 4.78 is 0. The summed E-state index contributed by atoms with van der Waals surface area (Å²) in [7, 11) is 0. The van der Waals surface area contributed by atoms with Gasteiger partial charge in [0.25, 0.3) is 0 Å². The number of phenolic OH excluding ortho intramolecular Hbond substituents is 1. The number of hydrogen-bond donors (Lipinski definition) is 1. The lowest BCUT2D eigenvalue weighted by molar-refractivity contribution is 0.144. The van der Waals surface area contributed by atoms with Gasteiger partial charge in [-0.2, -0.15) is 0 Å². The van der Waals surface area contributed by atoms with Gasteiger partial charge in [-0.1, -0.05) is 57.1 Å². The van der Waals surface area contributed by atoms with Crippen molar-refractivity contribution in [2.75, 3.05) is 0 Å². The number of phenols is 1. The van der Waals surface area contributed by atoms with Gasteiger partial charge in [0.15, 0.2) is 0 Å². The van der Waals surface area contributed by atoms with Crippen molar-refractivity contribution in [2.24, 2.45) is 17.8 Å². The van der Waals surface area contributed by atoms with Crippen LogP contribution in [-0.2, 0) is 6.42 Å². The Morgan fingerprint density at radius 1 is 0.889 bits per heavy atom. The van der Waals surface area contributed by atoms with Crippen LogP contribution in [0.15, 0.2) is 24.3 Å². The molecule has 0 spiro atoms. The molecule has 98 valence electrons. The zero-order valence-electron chi connectivity index (χ0n) is 11.1. The van der Waals surface area contributed by atoms with E-state index in [1.807, 2.05) is 12.1 Å². The van der Waals surface area contributed by atoms with E-state index in [1.54, 1.807) is 0 Å². The third kappa shape index (κ3) is 2.55. The van der Waals surface area contributed by atoms with Gasteiger partial charge in [-0.15, -0.1) is 0 Å². The molecule has 0 aromatic heterocycles. The number of benzene rings is 1. The van der Waals surface area contributed by atoms with E-state index in [0.717, 1.165) is 17.8 Å². The summed E-state index contributed by atoms with van der Waals surface area (Å²) >= 11 is 0. The van der Waals surface area contributed by atoms with Crippen molar-refractivity contribution in [1.29, 1.82) is 0 Å². The quantitative estimate of drug-likeness (QED) is 0.824. The minimum Gasteiger partial charge on any atom is -0.508 e. The van der Waals surface area contributed by atoms with Gasteiger partial charge in [0.2, 0.25) is 0 Å². The molecule has 1 aromatic carbocycles. The number of rotatable bonds is 4. The second-order valence-corrected chi connectivity index (χ2v) is 6.27. The first-order valence-electron chi connectivity index (χ1n) is 7.61. The maximum Gasteiger partial charge on any atom is 0.115 e. The Labute approximate surface area is 110 Å². The summed E-state index contributed by atoms with van der Waals surface area (Å²) in [6.45, 7) is 0. The third-order valence-electron chi connectivity index (χ3n) is 5.17. The lowest BCUT2D eigenvalue weighted by Crippen LogP contribution is -2.29. The van der Waals surface area contributed by atoms with Crippen LogP contribution in [0.3, 0.4) is 0 Å². The van der Waals surface area contributed by atoms with E-state index in [4.69, 9.17) is 0 Å². The predicted octanol–water partition coefficient (Wildman–Crippen LogP) is 4.54. The molecule has 18 heavy (non-hydrogen) atoms. The second-order valence-electron chi connectivity index (χ2n) is 6.27. The molecule has 1 N–H and O–H groups in total. The van der Waals surface area contributed by atoms with Gasteiger partial charge in [-0.25, -0.2) is 0 Å². The molecule has 2 aliphatic rings. The molecule has 2 fully saturated rings. The van der Waals surface area contributed by atoms with Crippen molar-refractivity contribution in [1.82, 2.24) is 0 Å². The highest BCUT2D eigenvalue weighted by atomic mass is 16.3. The number of hydrogen-bond acceptors (Lipinski definition) is 1. The fourth-order valence-electron chi connectivity index (χ4n) is 3.88. The highest BCUT2D eigenvalue weighted by Gasteiger charge is 2.34. The minimum atomic E-state index is 0.389. The average Bonchev–Trinajstić information content (AvgIpc) is 2.82. The van der Waals surface area contributed by atoms with Gasteiger partial charge in [-0.3, -0.25) is 0 Å². The molecule has 3 rings (SSSR count). The van der Waals surface area contributed by atoms with E-state index in [2.05, 4.69) is 12.1 Å². The monoisotopic (exact) mass is 244 g/mol. The zero-order chi connectivity index (χ0) is 12.4. The van der Waals surface area contributed by atoms with Crippen LogP contribution < -0.4 is 0 Å². The molecule has 2 saturated carbocycles. The largest absolute Gasteiger partial charge is 0.508 e. The molecule has 1 unspecified atom stereocenters. The maximum absolute atomic E-state index is 9.37. The van der Waals surface area contributed by atoms with Crippen LogP contribution in [0.1, 0.15) is 50.5 Å². The molecule has 0 saturated heterocycles. The summed E-state index contributed by atoms with van der Waals surface area (Å²) in [6, 6.07) is 7.88. The smallest absolute Gasteiger partial charge is 0.115 e. The zero-order valence-corrected chi connectivity index (χ0v) is 11.1. The molecular formula is C17H24O. The Morgan fingerprint density at radius 2 is 1.44 bits per heavy atom. The first-order chi connectivity index (χ1) is 8.83. The van der Waals surface area contributed by atoms with Crippen LogP contribution in [-0.4, -0.2) is 5.11 Å². The lowest BCUT2D eigenvalue weighted by atomic mass is 9.68. The molecule has 0 bridgehead atoms. The number of aromatic hydroxyl groups is 1. The van der Waals surface area contributed by atoms with Crippen LogP contribution in [0, 0.1) is 17.8 Å². The molecule has 1 aromatic rings. The summed E-state index contributed by atoms with van der Waals surface area (Å²) in [4.78, 5) is 0. The summed E-state index contributed by atoms with van der Waals surface area (Å²) in [5.41, 5.74) is 1.41. The standard InChI is InChI=1S/C17H24O/c18-16-10-8-13(9-11-16)12-17(15-6-3-7-15)14-4-1-2-5-14/h8-11,14-15,17-18H,1-7,12H2. The normalized spacial score (nSPS) is 22.9. The summed E-state index contributed by atoms with van der Waals surface area (Å²) in [5.74, 6) is 3.26. The van der Waals surface area contributed by atoms with Crippen molar-refractivity contribution in [3.05, 3.63) is 29.8 Å². The molecule has 0 heterocycles. The first-order valence-corrected chi connectivity index (χ1v) is 7.61. The van der Waals surface area contributed by atoms with Gasteiger partial charge in [0.05, 0.1) is 0 Å². The summed E-state index contributed by atoms with van der Waals surface area (Å²) in [6.07, 6.45) is 11.4. The van der Waals surface area contributed by atoms with Crippen molar-refractivity contribution >= 4 is 0 Å².